The lowest BCUT2D eigenvalue weighted by molar-refractivity contribution is -0.125. The monoisotopic (exact) mass is 518 g/mol. The number of nitrogens with one attached hydrogen (secondary N) is 1. The van der Waals surface area contributed by atoms with E-state index in [1.807, 2.05) is 11.4 Å². The Bertz CT molecular complexity index is 1360. The molecule has 9 nitrogen and oxygen atoms in total. The van der Waals surface area contributed by atoms with Gasteiger partial charge in [-0.3, -0.25) is 4.79 Å². The molecule has 1 N–H and O–H groups in total. The Morgan fingerprint density at radius 3 is 2.09 bits per heavy atom. The summed E-state index contributed by atoms with van der Waals surface area (Å²) in [5.41, 5.74) is 2.37. The van der Waals surface area contributed by atoms with Gasteiger partial charge in [-0.25, -0.2) is 22.3 Å². The molecule has 0 aliphatic carbocycles. The quantitative estimate of drug-likeness (QED) is 0.379. The van der Waals surface area contributed by atoms with Crippen LogP contribution >= 0.6 is 11.3 Å². The maximum atomic E-state index is 13.3. The molecular formula is C22H22N4O5S3. The summed E-state index contributed by atoms with van der Waals surface area (Å²) in [6.45, 7) is -0.620. The number of hydrogen-bond donors (Lipinski definition) is 1. The van der Waals surface area contributed by atoms with Crippen molar-refractivity contribution >= 4 is 43.5 Å². The fraction of sp³-hybridized carbons (Fsp3) is 0.182. The zero-order valence-electron chi connectivity index (χ0n) is 17.9. The van der Waals surface area contributed by atoms with E-state index in [0.29, 0.717) is 0 Å². The fourth-order valence-electron chi connectivity index (χ4n) is 3.53. The number of rotatable bonds is 7. The molecule has 1 fully saturated rings. The molecule has 12 heteroatoms. The van der Waals surface area contributed by atoms with Gasteiger partial charge in [0.2, 0.25) is 20.0 Å². The normalized spacial score (nSPS) is 18.2. The van der Waals surface area contributed by atoms with Gasteiger partial charge in [0.1, 0.15) is 6.04 Å². The van der Waals surface area contributed by atoms with Gasteiger partial charge >= 0.3 is 0 Å². The number of carbonyl (C=O) groups is 1. The molecule has 3 aromatic rings. The van der Waals surface area contributed by atoms with Gasteiger partial charge in [0, 0.05) is 24.5 Å². The van der Waals surface area contributed by atoms with E-state index in [9.17, 15) is 21.6 Å². The molecule has 2 aromatic carbocycles. The predicted octanol–water partition coefficient (Wildman–Crippen LogP) is 1.96. The number of hydrazone groups is 1. The van der Waals surface area contributed by atoms with Crippen molar-refractivity contribution < 1.29 is 21.6 Å². The number of piperazine rings is 1. The van der Waals surface area contributed by atoms with Crippen LogP contribution in [0.25, 0.3) is 0 Å². The van der Waals surface area contributed by atoms with Gasteiger partial charge in [0.25, 0.3) is 5.91 Å². The third kappa shape index (κ3) is 5.10. The van der Waals surface area contributed by atoms with Gasteiger partial charge in [0.05, 0.1) is 16.0 Å². The maximum absolute atomic E-state index is 13.3. The van der Waals surface area contributed by atoms with Crippen LogP contribution in [0.15, 0.2) is 93.1 Å². The van der Waals surface area contributed by atoms with Gasteiger partial charge in [-0.2, -0.15) is 13.7 Å². The Morgan fingerprint density at radius 1 is 0.882 bits per heavy atom. The van der Waals surface area contributed by atoms with Gasteiger partial charge in [-0.15, -0.1) is 11.3 Å². The highest BCUT2D eigenvalue weighted by molar-refractivity contribution is 7.89. The topological polar surface area (TPSA) is 116 Å². The molecule has 1 aliphatic rings. The second kappa shape index (κ2) is 10.2. The van der Waals surface area contributed by atoms with E-state index in [-0.39, 0.29) is 29.4 Å². The van der Waals surface area contributed by atoms with Crippen molar-refractivity contribution in [1.82, 2.24) is 14.0 Å². The van der Waals surface area contributed by atoms with Crippen LogP contribution in [0, 0.1) is 0 Å². The van der Waals surface area contributed by atoms with Crippen LogP contribution in [0.2, 0.25) is 0 Å². The van der Waals surface area contributed by atoms with E-state index in [1.54, 1.807) is 42.5 Å². The largest absolute Gasteiger partial charge is 0.271 e. The van der Waals surface area contributed by atoms with Crippen molar-refractivity contribution in [2.75, 3.05) is 19.6 Å². The zero-order valence-corrected chi connectivity index (χ0v) is 20.3. The average molecular weight is 519 g/mol. The van der Waals surface area contributed by atoms with E-state index >= 15 is 0 Å². The van der Waals surface area contributed by atoms with Gasteiger partial charge in [0.15, 0.2) is 0 Å². The van der Waals surface area contributed by atoms with Crippen molar-refractivity contribution in [3.05, 3.63) is 83.1 Å². The molecule has 0 bridgehead atoms. The number of thiophene rings is 1. The van der Waals surface area contributed by atoms with E-state index in [2.05, 4.69) is 10.5 Å². The summed E-state index contributed by atoms with van der Waals surface area (Å²) in [4.78, 5) is 14.0. The highest BCUT2D eigenvalue weighted by atomic mass is 32.2. The van der Waals surface area contributed by atoms with E-state index in [1.165, 1.54) is 41.8 Å². The summed E-state index contributed by atoms with van der Waals surface area (Å²) in [5.74, 6) is -0.722. The summed E-state index contributed by atoms with van der Waals surface area (Å²) in [5, 5.41) is 5.77. The molecule has 1 aromatic heterocycles. The Balaban J connectivity index is 1.63. The maximum Gasteiger partial charge on any atom is 0.259 e. The minimum absolute atomic E-state index is 0.0225. The minimum Gasteiger partial charge on any atom is -0.271 e. The van der Waals surface area contributed by atoms with E-state index < -0.39 is 32.0 Å². The van der Waals surface area contributed by atoms with Gasteiger partial charge in [-0.05, 0) is 35.7 Å². The number of carbonyl (C=O) groups excluding carboxylic acids is 1. The molecular weight excluding hydrogens is 496 g/mol. The van der Waals surface area contributed by atoms with Crippen LogP contribution in [-0.4, -0.2) is 63.2 Å². The Labute approximate surface area is 202 Å². The molecule has 4 rings (SSSR count). The first-order valence-corrected chi connectivity index (χ1v) is 14.0. The van der Waals surface area contributed by atoms with Crippen molar-refractivity contribution in [3.63, 3.8) is 0 Å². The summed E-state index contributed by atoms with van der Waals surface area (Å²) < 4.78 is 55.1. The standard InChI is InChI=1S/C22H22N4O5S3/c27-22(24-23-16-18-8-7-15-32-18)21-17-25(33(28,29)19-9-3-1-4-10-19)13-14-26(21)34(30,31)20-11-5-2-6-12-20/h1-12,15-16,21H,13-14,17H2,(H,24,27)/b23-16-/t21-/m1/s1. The second-order valence-corrected chi connectivity index (χ2v) is 12.2. The number of hydrogen-bond acceptors (Lipinski definition) is 7. The summed E-state index contributed by atoms with van der Waals surface area (Å²) in [6.07, 6.45) is 1.44. The van der Waals surface area contributed by atoms with Crippen LogP contribution in [0.3, 0.4) is 0 Å². The fourth-order valence-corrected chi connectivity index (χ4v) is 7.16. The Kier molecular flexibility index (Phi) is 7.24. The predicted molar refractivity (Wildman–Crippen MR) is 129 cm³/mol. The molecule has 1 atom stereocenters. The van der Waals surface area contributed by atoms with E-state index in [4.69, 9.17) is 0 Å². The van der Waals surface area contributed by atoms with Crippen LogP contribution in [0.5, 0.6) is 0 Å². The lowest BCUT2D eigenvalue weighted by Gasteiger charge is -2.38. The number of sulfonamides is 2. The molecule has 0 spiro atoms. The second-order valence-electron chi connectivity index (χ2n) is 7.37. The lowest BCUT2D eigenvalue weighted by Crippen LogP contribution is -2.60. The van der Waals surface area contributed by atoms with Crippen LogP contribution < -0.4 is 5.43 Å². The molecule has 1 saturated heterocycles. The third-order valence-electron chi connectivity index (χ3n) is 5.24. The third-order valence-corrected chi connectivity index (χ3v) is 9.85. The van der Waals surface area contributed by atoms with Gasteiger partial charge in [-0.1, -0.05) is 42.5 Å². The first-order valence-electron chi connectivity index (χ1n) is 10.3. The van der Waals surface area contributed by atoms with Crippen molar-refractivity contribution in [1.29, 1.82) is 0 Å². The van der Waals surface area contributed by atoms with E-state index in [0.717, 1.165) is 13.5 Å². The summed E-state index contributed by atoms with van der Waals surface area (Å²) >= 11 is 1.42. The SMILES string of the molecule is O=C(N/N=C\c1cccs1)[C@H]1CN(S(=O)(=O)c2ccccc2)CCN1S(=O)(=O)c1ccccc1. The minimum atomic E-state index is -4.06. The van der Waals surface area contributed by atoms with Crippen LogP contribution in [0.4, 0.5) is 0 Å². The van der Waals surface area contributed by atoms with Crippen LogP contribution in [-0.2, 0) is 24.8 Å². The Hall–Kier alpha value is -2.90. The van der Waals surface area contributed by atoms with Crippen molar-refractivity contribution in [3.8, 4) is 0 Å². The average Bonchev–Trinajstić information content (AvgIpc) is 3.38. The highest BCUT2D eigenvalue weighted by Crippen LogP contribution is 2.25. The Morgan fingerprint density at radius 2 is 1.50 bits per heavy atom. The summed E-state index contributed by atoms with van der Waals surface area (Å²) in [7, 11) is -7.98. The molecule has 0 unspecified atom stereocenters. The number of benzene rings is 2. The molecule has 1 amide bonds. The molecule has 0 saturated carbocycles. The first-order chi connectivity index (χ1) is 16.3. The van der Waals surface area contributed by atoms with Crippen molar-refractivity contribution in [2.45, 2.75) is 15.8 Å². The van der Waals surface area contributed by atoms with Gasteiger partial charge < -0.3 is 0 Å². The molecule has 2 heterocycles. The smallest absolute Gasteiger partial charge is 0.259 e. The van der Waals surface area contributed by atoms with Crippen molar-refractivity contribution in [2.24, 2.45) is 5.10 Å². The summed E-state index contributed by atoms with van der Waals surface area (Å²) in [6, 6.07) is 17.9. The number of nitrogens with zero attached hydrogens (tertiary/aromatic N) is 3. The molecule has 178 valence electrons. The molecule has 34 heavy (non-hydrogen) atoms. The molecule has 0 radical (unpaired) electrons. The molecule has 1 aliphatic heterocycles. The van der Waals surface area contributed by atoms with Crippen LogP contribution in [0.1, 0.15) is 4.88 Å². The highest BCUT2D eigenvalue weighted by Gasteiger charge is 2.43. The number of amides is 1. The lowest BCUT2D eigenvalue weighted by atomic mass is 10.2. The first kappa shape index (κ1) is 24.2. The zero-order chi connectivity index (χ0) is 24.2.